The lowest BCUT2D eigenvalue weighted by atomic mass is 10.1. The van der Waals surface area contributed by atoms with Crippen LogP contribution in [0.15, 0.2) is 12.1 Å². The number of likely N-dealkylation sites (N-methyl/N-ethyl adjacent to an activating group) is 1. The number of carbonyl (C=O) groups excluding carboxylic acids is 1. The quantitative estimate of drug-likeness (QED) is 0.839. The van der Waals surface area contributed by atoms with Crippen LogP contribution in [-0.4, -0.2) is 36.1 Å². The summed E-state index contributed by atoms with van der Waals surface area (Å²) in [5.74, 6) is 0.118. The smallest absolute Gasteiger partial charge is 0.282 e. The van der Waals surface area contributed by atoms with Crippen molar-refractivity contribution in [2.75, 3.05) is 25.0 Å². The van der Waals surface area contributed by atoms with E-state index in [1.54, 1.807) is 0 Å². The van der Waals surface area contributed by atoms with Gasteiger partial charge in [0.25, 0.3) is 5.91 Å². The first-order chi connectivity index (χ1) is 9.89. The molecule has 0 spiro atoms. The second-order valence-electron chi connectivity index (χ2n) is 6.27. The Bertz CT molecular complexity index is 513. The summed E-state index contributed by atoms with van der Waals surface area (Å²) < 4.78 is 0.914. The number of halogens is 1. The zero-order valence-electron chi connectivity index (χ0n) is 13.5. The van der Waals surface area contributed by atoms with Crippen molar-refractivity contribution in [2.24, 2.45) is 0 Å². The number of quaternary nitrogens is 1. The molecule has 1 amide bonds. The summed E-state index contributed by atoms with van der Waals surface area (Å²) in [7, 11) is 0. The van der Waals surface area contributed by atoms with Crippen LogP contribution in [0, 0.1) is 13.8 Å². The Labute approximate surface area is 132 Å². The van der Waals surface area contributed by atoms with Crippen molar-refractivity contribution in [2.45, 2.75) is 46.6 Å². The van der Waals surface area contributed by atoms with E-state index in [2.05, 4.69) is 19.2 Å². The van der Waals surface area contributed by atoms with Gasteiger partial charge in [-0.2, -0.15) is 0 Å². The molecule has 3 nitrogen and oxygen atoms in total. The van der Waals surface area contributed by atoms with Gasteiger partial charge in [-0.25, -0.2) is 0 Å². The molecule has 116 valence electrons. The number of nitrogens with one attached hydrogen (secondary N) is 1. The van der Waals surface area contributed by atoms with E-state index in [4.69, 9.17) is 11.6 Å². The van der Waals surface area contributed by atoms with Crippen molar-refractivity contribution in [3.63, 3.8) is 0 Å². The van der Waals surface area contributed by atoms with Gasteiger partial charge in [0.1, 0.15) is 0 Å². The summed E-state index contributed by atoms with van der Waals surface area (Å²) in [4.78, 5) is 12.7. The summed E-state index contributed by atoms with van der Waals surface area (Å²) in [6.07, 6.45) is 2.45. The highest BCUT2D eigenvalue weighted by Crippen LogP contribution is 2.27. The summed E-state index contributed by atoms with van der Waals surface area (Å²) in [6, 6.07) is 3.79. The van der Waals surface area contributed by atoms with Gasteiger partial charge < -0.3 is 9.80 Å². The van der Waals surface area contributed by atoms with Gasteiger partial charge in [-0.15, -0.1) is 0 Å². The Morgan fingerprint density at radius 1 is 1.29 bits per heavy atom. The van der Waals surface area contributed by atoms with Gasteiger partial charge in [-0.3, -0.25) is 4.79 Å². The first-order valence-corrected chi connectivity index (χ1v) is 8.21. The first-order valence-electron chi connectivity index (χ1n) is 7.83. The maximum Gasteiger partial charge on any atom is 0.282 e. The van der Waals surface area contributed by atoms with Crippen LogP contribution < -0.4 is 5.32 Å². The number of likely N-dealkylation sites (tertiary alicyclic amines) is 1. The van der Waals surface area contributed by atoms with E-state index < -0.39 is 0 Å². The van der Waals surface area contributed by atoms with E-state index in [1.807, 2.05) is 26.0 Å². The van der Waals surface area contributed by atoms with Crippen LogP contribution in [-0.2, 0) is 4.79 Å². The molecule has 1 unspecified atom stereocenters. The summed E-state index contributed by atoms with van der Waals surface area (Å²) in [5.41, 5.74) is 2.94. The zero-order valence-corrected chi connectivity index (χ0v) is 14.3. The van der Waals surface area contributed by atoms with Gasteiger partial charge in [0.15, 0.2) is 6.04 Å². The molecule has 1 aromatic rings. The standard InChI is InChI=1S/C17H25ClN2O/c1-5-20(8-6-7-9-20)14(4)17(21)19-16-12(2)10-15(18)11-13(16)3/h10-11,14H,5-9H2,1-4H3/p+1. The van der Waals surface area contributed by atoms with Gasteiger partial charge in [-0.1, -0.05) is 11.6 Å². The van der Waals surface area contributed by atoms with Gasteiger partial charge in [0.05, 0.1) is 19.6 Å². The summed E-state index contributed by atoms with van der Waals surface area (Å²) >= 11 is 6.05. The van der Waals surface area contributed by atoms with Crippen molar-refractivity contribution in [1.82, 2.24) is 0 Å². The number of rotatable bonds is 4. The van der Waals surface area contributed by atoms with Crippen LogP contribution in [0.25, 0.3) is 0 Å². The summed E-state index contributed by atoms with van der Waals surface area (Å²) in [5, 5.41) is 3.84. The average Bonchev–Trinajstić information content (AvgIpc) is 2.91. The molecule has 1 aliphatic heterocycles. The number of aryl methyl sites for hydroxylation is 2. The summed E-state index contributed by atoms with van der Waals surface area (Å²) in [6.45, 7) is 11.5. The Balaban J connectivity index is 2.18. The minimum atomic E-state index is -0.00743. The van der Waals surface area contributed by atoms with Gasteiger partial charge in [0, 0.05) is 23.6 Å². The van der Waals surface area contributed by atoms with Crippen LogP contribution in [0.5, 0.6) is 0 Å². The number of nitrogens with zero attached hydrogens (tertiary/aromatic N) is 1. The topological polar surface area (TPSA) is 29.1 Å². The molecule has 0 aliphatic carbocycles. The molecular formula is C17H26ClN2O+. The maximum atomic E-state index is 12.7. The SMILES string of the molecule is CC[N+]1(C(C)C(=O)Nc2c(C)cc(Cl)cc2C)CCCC1. The monoisotopic (exact) mass is 309 g/mol. The molecule has 4 heteroatoms. The van der Waals surface area contributed by atoms with Crippen molar-refractivity contribution >= 4 is 23.2 Å². The third-order valence-corrected chi connectivity index (χ3v) is 5.25. The Hall–Kier alpha value is -1.06. The zero-order chi connectivity index (χ0) is 15.6. The number of anilines is 1. The molecule has 1 aromatic carbocycles. The predicted octanol–water partition coefficient (Wildman–Crippen LogP) is 3.91. The lowest BCUT2D eigenvalue weighted by molar-refractivity contribution is -0.928. The minimum absolute atomic E-state index is 0.00743. The van der Waals surface area contributed by atoms with E-state index in [-0.39, 0.29) is 11.9 Å². The minimum Gasteiger partial charge on any atom is -0.320 e. The molecule has 2 rings (SSSR count). The van der Waals surface area contributed by atoms with E-state index in [9.17, 15) is 4.79 Å². The Morgan fingerprint density at radius 2 is 1.81 bits per heavy atom. The van der Waals surface area contributed by atoms with Crippen LogP contribution in [0.4, 0.5) is 5.69 Å². The molecule has 1 fully saturated rings. The van der Waals surface area contributed by atoms with Crippen molar-refractivity contribution in [3.8, 4) is 0 Å². The molecule has 0 aromatic heterocycles. The maximum absolute atomic E-state index is 12.7. The second-order valence-corrected chi connectivity index (χ2v) is 6.71. The normalized spacial score (nSPS) is 18.5. The fourth-order valence-electron chi connectivity index (χ4n) is 3.53. The van der Waals surface area contributed by atoms with Crippen LogP contribution in [0.3, 0.4) is 0 Å². The third-order valence-electron chi connectivity index (χ3n) is 5.03. The van der Waals surface area contributed by atoms with Crippen molar-refractivity contribution in [1.29, 1.82) is 0 Å². The largest absolute Gasteiger partial charge is 0.320 e. The van der Waals surface area contributed by atoms with Crippen LogP contribution >= 0.6 is 11.6 Å². The molecule has 0 radical (unpaired) electrons. The van der Waals surface area contributed by atoms with E-state index in [0.29, 0.717) is 5.02 Å². The fourth-order valence-corrected chi connectivity index (χ4v) is 3.85. The molecule has 0 bridgehead atoms. The Kier molecular flexibility index (Phi) is 4.95. The molecular weight excluding hydrogens is 284 g/mol. The highest BCUT2D eigenvalue weighted by Gasteiger charge is 2.39. The van der Waals surface area contributed by atoms with Gasteiger partial charge in [-0.05, 0) is 51.0 Å². The van der Waals surface area contributed by atoms with E-state index in [1.165, 1.54) is 12.8 Å². The Morgan fingerprint density at radius 3 is 2.29 bits per heavy atom. The molecule has 1 saturated heterocycles. The number of amides is 1. The van der Waals surface area contributed by atoms with Crippen molar-refractivity contribution < 1.29 is 9.28 Å². The van der Waals surface area contributed by atoms with Crippen molar-refractivity contribution in [3.05, 3.63) is 28.3 Å². The lowest BCUT2D eigenvalue weighted by Crippen LogP contribution is -2.56. The van der Waals surface area contributed by atoms with Gasteiger partial charge >= 0.3 is 0 Å². The number of carbonyl (C=O) groups is 1. The molecule has 21 heavy (non-hydrogen) atoms. The molecule has 1 heterocycles. The first kappa shape index (κ1) is 16.3. The number of hydrogen-bond donors (Lipinski definition) is 1. The van der Waals surface area contributed by atoms with E-state index in [0.717, 1.165) is 40.9 Å². The fraction of sp³-hybridized carbons (Fsp3) is 0.588. The molecule has 1 aliphatic rings. The molecule has 0 saturated carbocycles. The van der Waals surface area contributed by atoms with E-state index >= 15 is 0 Å². The number of benzene rings is 1. The third kappa shape index (κ3) is 3.24. The van der Waals surface area contributed by atoms with Gasteiger partial charge in [0.2, 0.25) is 0 Å². The highest BCUT2D eigenvalue weighted by atomic mass is 35.5. The van der Waals surface area contributed by atoms with Crippen LogP contribution in [0.2, 0.25) is 5.02 Å². The average molecular weight is 310 g/mol. The second kappa shape index (κ2) is 6.37. The highest BCUT2D eigenvalue weighted by molar-refractivity contribution is 6.30. The van der Waals surface area contributed by atoms with Crippen LogP contribution in [0.1, 0.15) is 37.8 Å². The lowest BCUT2D eigenvalue weighted by Gasteiger charge is -2.38. The predicted molar refractivity (Wildman–Crippen MR) is 88.8 cm³/mol. The molecule has 1 atom stereocenters. The number of hydrogen-bond acceptors (Lipinski definition) is 1. The molecule has 1 N–H and O–H groups in total.